The summed E-state index contributed by atoms with van der Waals surface area (Å²) < 4.78 is 39.6. The van der Waals surface area contributed by atoms with E-state index in [1.165, 1.54) is 18.2 Å². The van der Waals surface area contributed by atoms with Gasteiger partial charge in [0.1, 0.15) is 23.3 Å². The Morgan fingerprint density at radius 1 is 0.969 bits per heavy atom. The predicted molar refractivity (Wildman–Crippen MR) is 119 cm³/mol. The Bertz CT molecular complexity index is 927. The van der Waals surface area contributed by atoms with Gasteiger partial charge in [-0.3, -0.25) is 9.59 Å². The van der Waals surface area contributed by atoms with Gasteiger partial charge >= 0.3 is 11.9 Å². The second kappa shape index (κ2) is 10.2. The van der Waals surface area contributed by atoms with Crippen LogP contribution in [0.2, 0.25) is 0 Å². The molecule has 0 radical (unpaired) electrons. The van der Waals surface area contributed by atoms with Crippen LogP contribution in [0, 0.1) is 31.4 Å². The van der Waals surface area contributed by atoms with E-state index >= 15 is 0 Å². The van der Waals surface area contributed by atoms with Crippen molar-refractivity contribution in [1.29, 1.82) is 0 Å². The molecule has 4 nitrogen and oxygen atoms in total. The summed E-state index contributed by atoms with van der Waals surface area (Å²) in [5.74, 6) is -3.28. The van der Waals surface area contributed by atoms with Gasteiger partial charge in [-0.15, -0.1) is 0 Å². The van der Waals surface area contributed by atoms with Crippen molar-refractivity contribution < 1.29 is 27.8 Å². The zero-order chi connectivity index (χ0) is 24.2. The van der Waals surface area contributed by atoms with Crippen molar-refractivity contribution in [1.82, 2.24) is 0 Å². The Labute approximate surface area is 188 Å². The molecule has 0 amide bonds. The quantitative estimate of drug-likeness (QED) is 0.489. The maximum absolute atomic E-state index is 14.9. The van der Waals surface area contributed by atoms with Gasteiger partial charge in [0, 0.05) is 5.92 Å². The van der Waals surface area contributed by atoms with Crippen LogP contribution in [0.3, 0.4) is 0 Å². The minimum atomic E-state index is -0.759. The Balaban J connectivity index is 2.29. The topological polar surface area (TPSA) is 52.6 Å². The Hall–Kier alpha value is -2.76. The van der Waals surface area contributed by atoms with E-state index in [1.807, 2.05) is 0 Å². The molecule has 0 aliphatic heterocycles. The largest absolute Gasteiger partial charge is 0.461 e. The molecule has 0 N–H and O–H groups in total. The summed E-state index contributed by atoms with van der Waals surface area (Å²) in [5, 5.41) is 0. The summed E-state index contributed by atoms with van der Waals surface area (Å²) in [6.07, 6.45) is -0.882. The average Bonchev–Trinajstić information content (AvgIpc) is 2.63. The molecule has 2 rings (SSSR count). The standard InChI is InChI=1S/C26H32F2O4/c1-15-8-10-21(22(28)12-15)24(20-11-9-19(27)13-16(20)2)18(4)31-25(30)17(3)14-23(29)32-26(5,6)7/h8-13,17-18,24H,14H2,1-7H3/t17-,18+,24-/m1/s1. The van der Waals surface area contributed by atoms with Crippen molar-refractivity contribution in [2.75, 3.05) is 0 Å². The highest BCUT2D eigenvalue weighted by Gasteiger charge is 2.31. The summed E-state index contributed by atoms with van der Waals surface area (Å²) in [6, 6.07) is 9.12. The fourth-order valence-electron chi connectivity index (χ4n) is 3.63. The number of hydrogen-bond donors (Lipinski definition) is 0. The van der Waals surface area contributed by atoms with Crippen LogP contribution in [0.25, 0.3) is 0 Å². The van der Waals surface area contributed by atoms with Gasteiger partial charge in [-0.2, -0.15) is 0 Å². The number of carbonyl (C=O) groups excluding carboxylic acids is 2. The number of ether oxygens (including phenoxy) is 2. The van der Waals surface area contributed by atoms with Gasteiger partial charge in [0.25, 0.3) is 0 Å². The summed E-state index contributed by atoms with van der Waals surface area (Å²) in [6.45, 7) is 12.0. The molecule has 0 saturated heterocycles. The van der Waals surface area contributed by atoms with Crippen molar-refractivity contribution >= 4 is 11.9 Å². The van der Waals surface area contributed by atoms with Crippen LogP contribution in [-0.4, -0.2) is 23.6 Å². The van der Waals surface area contributed by atoms with Gasteiger partial charge in [-0.05, 0) is 82.0 Å². The van der Waals surface area contributed by atoms with Crippen molar-refractivity contribution in [3.05, 3.63) is 70.3 Å². The monoisotopic (exact) mass is 446 g/mol. The van der Waals surface area contributed by atoms with Crippen molar-refractivity contribution in [3.63, 3.8) is 0 Å². The summed E-state index contributed by atoms with van der Waals surface area (Å²) >= 11 is 0. The molecule has 0 heterocycles. The van der Waals surface area contributed by atoms with Gasteiger partial charge in [-0.25, -0.2) is 8.78 Å². The van der Waals surface area contributed by atoms with E-state index in [0.717, 1.165) is 5.56 Å². The van der Waals surface area contributed by atoms with Crippen molar-refractivity contribution in [3.8, 4) is 0 Å². The first kappa shape index (κ1) is 25.5. The van der Waals surface area contributed by atoms with Crippen LogP contribution in [-0.2, 0) is 19.1 Å². The number of esters is 2. The number of halogens is 2. The maximum Gasteiger partial charge on any atom is 0.309 e. The first-order valence-corrected chi connectivity index (χ1v) is 10.7. The van der Waals surface area contributed by atoms with Crippen molar-refractivity contribution in [2.45, 2.75) is 72.5 Å². The summed E-state index contributed by atoms with van der Waals surface area (Å²) in [5.41, 5.74) is 1.75. The second-order valence-electron chi connectivity index (χ2n) is 9.34. The highest BCUT2D eigenvalue weighted by molar-refractivity contribution is 5.80. The van der Waals surface area contributed by atoms with Gasteiger partial charge in [0.15, 0.2) is 0 Å². The lowest BCUT2D eigenvalue weighted by Gasteiger charge is -2.28. The van der Waals surface area contributed by atoms with Crippen LogP contribution in [0.4, 0.5) is 8.78 Å². The Morgan fingerprint density at radius 3 is 2.16 bits per heavy atom. The molecular formula is C26H32F2O4. The van der Waals surface area contributed by atoms with E-state index in [0.29, 0.717) is 16.7 Å². The van der Waals surface area contributed by atoms with Crippen molar-refractivity contribution in [2.24, 2.45) is 5.92 Å². The zero-order valence-corrected chi connectivity index (χ0v) is 19.8. The number of hydrogen-bond acceptors (Lipinski definition) is 4. The van der Waals surface area contributed by atoms with Crippen LogP contribution in [0.1, 0.15) is 69.2 Å². The highest BCUT2D eigenvalue weighted by Crippen LogP contribution is 2.34. The van der Waals surface area contributed by atoms with E-state index in [2.05, 4.69) is 0 Å². The Kier molecular flexibility index (Phi) is 8.16. The van der Waals surface area contributed by atoms with E-state index in [9.17, 15) is 18.4 Å². The normalized spacial score (nSPS) is 14.4. The van der Waals surface area contributed by atoms with Crippen LogP contribution < -0.4 is 0 Å². The fraction of sp³-hybridized carbons (Fsp3) is 0.462. The molecule has 0 spiro atoms. The van der Waals surface area contributed by atoms with Crippen LogP contribution in [0.15, 0.2) is 36.4 Å². The summed E-state index contributed by atoms with van der Waals surface area (Å²) in [4.78, 5) is 24.8. The van der Waals surface area contributed by atoms with E-state index in [1.54, 1.807) is 66.7 Å². The van der Waals surface area contributed by atoms with E-state index in [4.69, 9.17) is 9.47 Å². The molecule has 0 aliphatic rings. The number of rotatable bonds is 7. The highest BCUT2D eigenvalue weighted by atomic mass is 19.1. The SMILES string of the molecule is Cc1ccc([C@@H](c2ccc(F)cc2C)[C@H](C)OC(=O)[C@H](C)CC(=O)OC(C)(C)C)c(F)c1. The molecule has 0 aromatic heterocycles. The van der Waals surface area contributed by atoms with Gasteiger partial charge in [0.2, 0.25) is 0 Å². The molecule has 6 heteroatoms. The maximum atomic E-state index is 14.9. The molecule has 0 saturated carbocycles. The molecule has 3 atom stereocenters. The number of aryl methyl sites for hydroxylation is 2. The molecule has 0 fully saturated rings. The molecule has 2 aromatic carbocycles. The molecule has 0 bridgehead atoms. The molecule has 0 unspecified atom stereocenters. The Morgan fingerprint density at radius 2 is 1.59 bits per heavy atom. The smallest absolute Gasteiger partial charge is 0.309 e. The lowest BCUT2D eigenvalue weighted by Crippen LogP contribution is -2.30. The fourth-order valence-corrected chi connectivity index (χ4v) is 3.63. The van der Waals surface area contributed by atoms with E-state index in [-0.39, 0.29) is 6.42 Å². The van der Waals surface area contributed by atoms with Gasteiger partial charge in [0.05, 0.1) is 12.3 Å². The number of carbonyl (C=O) groups is 2. The van der Waals surface area contributed by atoms with Gasteiger partial charge < -0.3 is 9.47 Å². The van der Waals surface area contributed by atoms with Crippen LogP contribution >= 0.6 is 0 Å². The van der Waals surface area contributed by atoms with Crippen LogP contribution in [0.5, 0.6) is 0 Å². The zero-order valence-electron chi connectivity index (χ0n) is 19.8. The minimum Gasteiger partial charge on any atom is -0.461 e. The molecule has 174 valence electrons. The average molecular weight is 447 g/mol. The predicted octanol–water partition coefficient (Wildman–Crippen LogP) is 6.01. The molecular weight excluding hydrogens is 414 g/mol. The molecule has 2 aromatic rings. The lowest BCUT2D eigenvalue weighted by molar-refractivity contribution is -0.163. The number of benzene rings is 2. The first-order chi connectivity index (χ1) is 14.8. The lowest BCUT2D eigenvalue weighted by atomic mass is 9.84. The third kappa shape index (κ3) is 6.87. The third-order valence-electron chi connectivity index (χ3n) is 5.12. The minimum absolute atomic E-state index is 0.123. The summed E-state index contributed by atoms with van der Waals surface area (Å²) in [7, 11) is 0. The molecule has 32 heavy (non-hydrogen) atoms. The van der Waals surface area contributed by atoms with Gasteiger partial charge in [-0.1, -0.05) is 25.1 Å². The molecule has 0 aliphatic carbocycles. The third-order valence-corrected chi connectivity index (χ3v) is 5.12. The second-order valence-corrected chi connectivity index (χ2v) is 9.34. The van der Waals surface area contributed by atoms with E-state index < -0.39 is 47.1 Å². The first-order valence-electron chi connectivity index (χ1n) is 10.7.